The number of hydrogen-bond acceptors (Lipinski definition) is 5. The first kappa shape index (κ1) is 25.6. The van der Waals surface area contributed by atoms with Gasteiger partial charge in [0.25, 0.3) is 0 Å². The molecule has 3 aromatic carbocycles. The molecule has 1 saturated carbocycles. The monoisotopic (exact) mass is 488 g/mol. The Morgan fingerprint density at radius 1 is 0.917 bits per heavy atom. The lowest BCUT2D eigenvalue weighted by molar-refractivity contribution is 0.0520. The fourth-order valence-electron chi connectivity index (χ4n) is 3.75. The molecule has 0 radical (unpaired) electrons. The van der Waals surface area contributed by atoms with Gasteiger partial charge in [-0.25, -0.2) is 4.79 Å². The summed E-state index contributed by atoms with van der Waals surface area (Å²) in [6, 6.07) is 25.1. The number of carbonyl (C=O) groups excluding carboxylic acids is 1. The smallest absolute Gasteiger partial charge is 0.407 e. The lowest BCUT2D eigenvalue weighted by Crippen LogP contribution is -2.34. The van der Waals surface area contributed by atoms with E-state index in [0.29, 0.717) is 25.8 Å². The molecular formula is C30H36N2O4. The largest absolute Gasteiger partial charge is 0.492 e. The molecule has 2 N–H and O–H groups in total. The lowest BCUT2D eigenvalue weighted by atomic mass is 10.0. The van der Waals surface area contributed by atoms with Crippen LogP contribution in [0.2, 0.25) is 0 Å². The van der Waals surface area contributed by atoms with E-state index in [9.17, 15) is 4.79 Å². The second-order valence-electron chi connectivity index (χ2n) is 10.1. The first-order chi connectivity index (χ1) is 17.4. The van der Waals surface area contributed by atoms with Crippen molar-refractivity contribution >= 4 is 6.09 Å². The van der Waals surface area contributed by atoms with Crippen LogP contribution in [-0.2, 0) is 17.9 Å². The summed E-state index contributed by atoms with van der Waals surface area (Å²) in [5.41, 5.74) is 3.78. The molecule has 1 aliphatic carbocycles. The molecule has 6 nitrogen and oxygen atoms in total. The zero-order valence-corrected chi connectivity index (χ0v) is 21.4. The summed E-state index contributed by atoms with van der Waals surface area (Å²) < 4.78 is 17.5. The van der Waals surface area contributed by atoms with Crippen LogP contribution in [-0.4, -0.2) is 30.9 Å². The van der Waals surface area contributed by atoms with Crippen LogP contribution in [0.25, 0.3) is 11.1 Å². The van der Waals surface area contributed by atoms with Crippen LogP contribution in [0.5, 0.6) is 11.5 Å². The Bertz CT molecular complexity index is 1140. The molecule has 1 fully saturated rings. The highest BCUT2D eigenvalue weighted by Crippen LogP contribution is 2.34. The fraction of sp³-hybridized carbons (Fsp3) is 0.367. The molecular weight excluding hydrogens is 452 g/mol. The summed E-state index contributed by atoms with van der Waals surface area (Å²) in [5, 5.41) is 6.33. The van der Waals surface area contributed by atoms with Crippen LogP contribution in [0.4, 0.5) is 4.79 Å². The van der Waals surface area contributed by atoms with E-state index in [2.05, 4.69) is 41.0 Å². The Kier molecular flexibility index (Phi) is 8.49. The quantitative estimate of drug-likeness (QED) is 0.320. The van der Waals surface area contributed by atoms with Gasteiger partial charge >= 0.3 is 6.09 Å². The number of alkyl carbamates (subject to hydrolysis) is 1. The third-order valence-corrected chi connectivity index (χ3v) is 5.61. The van der Waals surface area contributed by atoms with E-state index in [-0.39, 0.29) is 0 Å². The van der Waals surface area contributed by atoms with Crippen molar-refractivity contribution in [3.63, 3.8) is 0 Å². The highest BCUT2D eigenvalue weighted by atomic mass is 16.6. The lowest BCUT2D eigenvalue weighted by Gasteiger charge is -2.19. The SMILES string of the molecule is CC(C)(C)OC(=O)NCCOc1cc(CNC2CC2)cc(-c2ccccc2OCc2ccccc2)c1. The van der Waals surface area contributed by atoms with Crippen molar-refractivity contribution in [3.8, 4) is 22.6 Å². The zero-order chi connectivity index (χ0) is 25.4. The fourth-order valence-corrected chi connectivity index (χ4v) is 3.75. The van der Waals surface area contributed by atoms with Gasteiger partial charge in [-0.3, -0.25) is 0 Å². The zero-order valence-electron chi connectivity index (χ0n) is 21.4. The molecule has 0 atom stereocenters. The maximum Gasteiger partial charge on any atom is 0.407 e. The van der Waals surface area contributed by atoms with Gasteiger partial charge in [0.15, 0.2) is 0 Å². The van der Waals surface area contributed by atoms with Crippen molar-refractivity contribution in [2.24, 2.45) is 0 Å². The predicted molar refractivity (Wildman–Crippen MR) is 142 cm³/mol. The van der Waals surface area contributed by atoms with Gasteiger partial charge in [0, 0.05) is 18.2 Å². The van der Waals surface area contributed by atoms with Crippen molar-refractivity contribution in [1.82, 2.24) is 10.6 Å². The number of nitrogens with one attached hydrogen (secondary N) is 2. The minimum atomic E-state index is -0.529. The molecule has 0 unspecified atom stereocenters. The number of amides is 1. The topological polar surface area (TPSA) is 68.8 Å². The summed E-state index contributed by atoms with van der Waals surface area (Å²) in [7, 11) is 0. The first-order valence-electron chi connectivity index (χ1n) is 12.6. The molecule has 0 spiro atoms. The second-order valence-corrected chi connectivity index (χ2v) is 10.1. The summed E-state index contributed by atoms with van der Waals surface area (Å²) in [6.45, 7) is 7.49. The van der Waals surface area contributed by atoms with E-state index >= 15 is 0 Å². The minimum absolute atomic E-state index is 0.338. The summed E-state index contributed by atoms with van der Waals surface area (Å²) >= 11 is 0. The number of ether oxygens (including phenoxy) is 3. The number of hydrogen-bond donors (Lipinski definition) is 2. The Hall–Kier alpha value is -3.51. The van der Waals surface area contributed by atoms with E-state index in [1.807, 2.05) is 63.2 Å². The van der Waals surface area contributed by atoms with E-state index in [4.69, 9.17) is 14.2 Å². The van der Waals surface area contributed by atoms with Crippen LogP contribution in [0.1, 0.15) is 44.7 Å². The maximum atomic E-state index is 11.9. The summed E-state index contributed by atoms with van der Waals surface area (Å²) in [5.74, 6) is 1.58. The van der Waals surface area contributed by atoms with Crippen molar-refractivity contribution in [1.29, 1.82) is 0 Å². The summed E-state index contributed by atoms with van der Waals surface area (Å²) in [4.78, 5) is 11.9. The van der Waals surface area contributed by atoms with Crippen molar-refractivity contribution < 1.29 is 19.0 Å². The average Bonchev–Trinajstić information content (AvgIpc) is 3.68. The number of rotatable bonds is 11. The Morgan fingerprint density at radius 3 is 2.42 bits per heavy atom. The predicted octanol–water partition coefficient (Wildman–Crippen LogP) is 6.09. The van der Waals surface area contributed by atoms with Crippen LogP contribution >= 0.6 is 0 Å². The highest BCUT2D eigenvalue weighted by Gasteiger charge is 2.20. The van der Waals surface area contributed by atoms with E-state index in [0.717, 1.165) is 40.3 Å². The molecule has 6 heteroatoms. The van der Waals surface area contributed by atoms with Crippen LogP contribution < -0.4 is 20.1 Å². The van der Waals surface area contributed by atoms with Gasteiger partial charge < -0.3 is 24.8 Å². The normalized spacial score (nSPS) is 13.2. The third kappa shape index (κ3) is 8.31. The molecule has 0 aliphatic heterocycles. The van der Waals surface area contributed by atoms with Crippen LogP contribution in [0, 0.1) is 0 Å². The van der Waals surface area contributed by atoms with Gasteiger partial charge in [0.1, 0.15) is 30.3 Å². The van der Waals surface area contributed by atoms with Gasteiger partial charge in [-0.05, 0) is 74.6 Å². The number of para-hydroxylation sites is 1. The minimum Gasteiger partial charge on any atom is -0.492 e. The molecule has 0 bridgehead atoms. The molecule has 190 valence electrons. The number of benzene rings is 3. The highest BCUT2D eigenvalue weighted by molar-refractivity contribution is 5.72. The van der Waals surface area contributed by atoms with E-state index in [1.165, 1.54) is 12.8 Å². The average molecular weight is 489 g/mol. The summed E-state index contributed by atoms with van der Waals surface area (Å²) in [6.07, 6.45) is 2.02. The molecule has 0 saturated heterocycles. The van der Waals surface area contributed by atoms with Crippen molar-refractivity contribution in [3.05, 3.63) is 83.9 Å². The molecule has 3 aromatic rings. The molecule has 0 aromatic heterocycles. The van der Waals surface area contributed by atoms with E-state index in [1.54, 1.807) is 0 Å². The first-order valence-corrected chi connectivity index (χ1v) is 12.6. The van der Waals surface area contributed by atoms with Gasteiger partial charge in [0.05, 0.1) is 6.54 Å². The Labute approximate surface area is 214 Å². The molecule has 36 heavy (non-hydrogen) atoms. The standard InChI is InChI=1S/C30H36N2O4/c1-30(2,3)36-29(33)31-15-16-34-26-18-23(20-32-25-13-14-25)17-24(19-26)27-11-7-8-12-28(27)35-21-22-9-5-4-6-10-22/h4-12,17-19,25,32H,13-16,20-21H2,1-3H3,(H,31,33). The maximum absolute atomic E-state index is 11.9. The molecule has 1 amide bonds. The second kappa shape index (κ2) is 12.0. The van der Waals surface area contributed by atoms with Gasteiger partial charge in [-0.2, -0.15) is 0 Å². The van der Waals surface area contributed by atoms with E-state index < -0.39 is 11.7 Å². The van der Waals surface area contributed by atoms with Crippen LogP contribution in [0.15, 0.2) is 72.8 Å². The molecule has 4 rings (SSSR count). The Balaban J connectivity index is 1.46. The van der Waals surface area contributed by atoms with Gasteiger partial charge in [0.2, 0.25) is 0 Å². The van der Waals surface area contributed by atoms with Crippen molar-refractivity contribution in [2.45, 2.75) is 58.4 Å². The van der Waals surface area contributed by atoms with Gasteiger partial charge in [-0.15, -0.1) is 0 Å². The molecule has 1 aliphatic rings. The third-order valence-electron chi connectivity index (χ3n) is 5.61. The molecule has 0 heterocycles. The van der Waals surface area contributed by atoms with Gasteiger partial charge in [-0.1, -0.05) is 48.5 Å². The van der Waals surface area contributed by atoms with Crippen molar-refractivity contribution in [2.75, 3.05) is 13.2 Å². The Morgan fingerprint density at radius 2 is 1.67 bits per heavy atom. The van der Waals surface area contributed by atoms with Crippen LogP contribution in [0.3, 0.4) is 0 Å². The number of carbonyl (C=O) groups is 1.